The standard InChI is InChI=1S/C12H16BrNO3S/c1-7(11(6-15)18-2)14-10-5-8(13)3-4-9(10)12(16)17/h3-5,7,11,14-15H,6H2,1-2H3,(H,16,17). The third kappa shape index (κ3) is 3.90. The third-order valence-corrected chi connectivity index (χ3v) is 4.29. The van der Waals surface area contributed by atoms with E-state index in [0.717, 1.165) is 4.47 Å². The van der Waals surface area contributed by atoms with Gasteiger partial charge < -0.3 is 15.5 Å². The van der Waals surface area contributed by atoms with Crippen LogP contribution in [-0.4, -0.2) is 40.3 Å². The minimum Gasteiger partial charge on any atom is -0.478 e. The van der Waals surface area contributed by atoms with Crippen LogP contribution in [0.1, 0.15) is 17.3 Å². The van der Waals surface area contributed by atoms with Crippen molar-refractivity contribution >= 4 is 39.3 Å². The molecule has 3 N–H and O–H groups in total. The van der Waals surface area contributed by atoms with Crippen LogP contribution in [-0.2, 0) is 0 Å². The molecule has 100 valence electrons. The Labute approximate surface area is 119 Å². The number of nitrogens with one attached hydrogen (secondary N) is 1. The Kier molecular flexibility index (Phi) is 5.98. The lowest BCUT2D eigenvalue weighted by molar-refractivity contribution is 0.0698. The molecule has 0 saturated heterocycles. The molecular formula is C12H16BrNO3S. The molecule has 0 amide bonds. The summed E-state index contributed by atoms with van der Waals surface area (Å²) >= 11 is 4.86. The summed E-state index contributed by atoms with van der Waals surface area (Å²) in [5.74, 6) is -0.970. The molecule has 0 heterocycles. The summed E-state index contributed by atoms with van der Waals surface area (Å²) in [6, 6.07) is 4.94. The Hall–Kier alpha value is -0.720. The number of benzene rings is 1. The highest BCUT2D eigenvalue weighted by atomic mass is 79.9. The molecule has 0 radical (unpaired) electrons. The number of hydrogen-bond acceptors (Lipinski definition) is 4. The van der Waals surface area contributed by atoms with Crippen molar-refractivity contribution in [3.05, 3.63) is 28.2 Å². The summed E-state index contributed by atoms with van der Waals surface area (Å²) < 4.78 is 0.812. The molecule has 0 bridgehead atoms. The van der Waals surface area contributed by atoms with Gasteiger partial charge in [0.15, 0.2) is 0 Å². The second kappa shape index (κ2) is 7.01. The molecule has 1 aromatic rings. The van der Waals surface area contributed by atoms with Crippen LogP contribution in [0.15, 0.2) is 22.7 Å². The number of aliphatic hydroxyl groups excluding tert-OH is 1. The monoisotopic (exact) mass is 333 g/mol. The van der Waals surface area contributed by atoms with Crippen LogP contribution >= 0.6 is 27.7 Å². The van der Waals surface area contributed by atoms with E-state index in [-0.39, 0.29) is 23.5 Å². The Morgan fingerprint density at radius 1 is 1.56 bits per heavy atom. The molecule has 0 fully saturated rings. The van der Waals surface area contributed by atoms with Gasteiger partial charge in [0.05, 0.1) is 17.9 Å². The molecule has 0 spiro atoms. The molecule has 0 aliphatic carbocycles. The second-order valence-electron chi connectivity index (χ2n) is 3.88. The van der Waals surface area contributed by atoms with Crippen LogP contribution in [0.5, 0.6) is 0 Å². The van der Waals surface area contributed by atoms with E-state index in [2.05, 4.69) is 21.2 Å². The molecule has 0 aromatic heterocycles. The van der Waals surface area contributed by atoms with Crippen LogP contribution in [0, 0.1) is 0 Å². The summed E-state index contributed by atoms with van der Waals surface area (Å²) in [5.41, 5.74) is 0.778. The number of thioether (sulfide) groups is 1. The largest absolute Gasteiger partial charge is 0.478 e. The third-order valence-electron chi connectivity index (χ3n) is 2.64. The fourth-order valence-electron chi connectivity index (χ4n) is 1.60. The molecular weight excluding hydrogens is 318 g/mol. The highest BCUT2D eigenvalue weighted by molar-refractivity contribution is 9.10. The maximum Gasteiger partial charge on any atom is 0.337 e. The van der Waals surface area contributed by atoms with Crippen LogP contribution < -0.4 is 5.32 Å². The number of halogens is 1. The first-order valence-electron chi connectivity index (χ1n) is 5.42. The molecule has 1 aromatic carbocycles. The van der Waals surface area contributed by atoms with E-state index in [1.54, 1.807) is 30.0 Å². The number of rotatable bonds is 6. The number of aliphatic hydroxyl groups is 1. The average Bonchev–Trinajstić information content (AvgIpc) is 2.30. The first-order chi connectivity index (χ1) is 8.49. The number of carbonyl (C=O) groups is 1. The van der Waals surface area contributed by atoms with E-state index in [1.807, 2.05) is 13.2 Å². The predicted octanol–water partition coefficient (Wildman–Crippen LogP) is 2.67. The van der Waals surface area contributed by atoms with Crippen molar-refractivity contribution in [2.24, 2.45) is 0 Å². The van der Waals surface area contributed by atoms with Crippen LogP contribution in [0.3, 0.4) is 0 Å². The van der Waals surface area contributed by atoms with Gasteiger partial charge in [0.2, 0.25) is 0 Å². The van der Waals surface area contributed by atoms with E-state index in [0.29, 0.717) is 5.69 Å². The molecule has 4 nitrogen and oxygen atoms in total. The molecule has 2 atom stereocenters. The molecule has 0 aliphatic rings. The van der Waals surface area contributed by atoms with Crippen molar-refractivity contribution in [3.63, 3.8) is 0 Å². The van der Waals surface area contributed by atoms with Gasteiger partial charge in [-0.1, -0.05) is 15.9 Å². The zero-order valence-electron chi connectivity index (χ0n) is 10.2. The smallest absolute Gasteiger partial charge is 0.337 e. The summed E-state index contributed by atoms with van der Waals surface area (Å²) in [7, 11) is 0. The fraction of sp³-hybridized carbons (Fsp3) is 0.417. The number of aromatic carboxylic acids is 1. The maximum absolute atomic E-state index is 11.1. The Morgan fingerprint density at radius 3 is 2.72 bits per heavy atom. The number of carboxylic acid groups (broad SMARTS) is 1. The minimum atomic E-state index is -0.970. The van der Waals surface area contributed by atoms with Crippen LogP contribution in [0.2, 0.25) is 0 Å². The topological polar surface area (TPSA) is 69.6 Å². The lowest BCUT2D eigenvalue weighted by Gasteiger charge is -2.23. The minimum absolute atomic E-state index is 0.0191. The molecule has 1 rings (SSSR count). The van der Waals surface area contributed by atoms with Gasteiger partial charge >= 0.3 is 5.97 Å². The van der Waals surface area contributed by atoms with Crippen molar-refractivity contribution in [1.82, 2.24) is 0 Å². The zero-order valence-corrected chi connectivity index (χ0v) is 12.6. The lowest BCUT2D eigenvalue weighted by Crippen LogP contribution is -2.31. The predicted molar refractivity (Wildman–Crippen MR) is 78.6 cm³/mol. The van der Waals surface area contributed by atoms with Gasteiger partial charge in [-0.2, -0.15) is 11.8 Å². The van der Waals surface area contributed by atoms with E-state index in [4.69, 9.17) is 5.11 Å². The quantitative estimate of drug-likeness (QED) is 0.746. The Bertz CT molecular complexity index is 424. The fourth-order valence-corrected chi connectivity index (χ4v) is 2.58. The summed E-state index contributed by atoms with van der Waals surface area (Å²) in [6.07, 6.45) is 1.91. The molecule has 0 aliphatic heterocycles. The van der Waals surface area contributed by atoms with E-state index in [9.17, 15) is 9.90 Å². The molecule has 2 unspecified atom stereocenters. The van der Waals surface area contributed by atoms with E-state index in [1.165, 1.54) is 0 Å². The summed E-state index contributed by atoms with van der Waals surface area (Å²) in [4.78, 5) is 11.1. The van der Waals surface area contributed by atoms with Crippen molar-refractivity contribution in [2.45, 2.75) is 18.2 Å². The van der Waals surface area contributed by atoms with Gasteiger partial charge in [0.25, 0.3) is 0 Å². The molecule has 18 heavy (non-hydrogen) atoms. The lowest BCUT2D eigenvalue weighted by atomic mass is 10.1. The van der Waals surface area contributed by atoms with Crippen molar-refractivity contribution in [2.75, 3.05) is 18.2 Å². The molecule has 0 saturated carbocycles. The summed E-state index contributed by atoms with van der Waals surface area (Å²) in [5, 5.41) is 21.5. The van der Waals surface area contributed by atoms with Crippen molar-refractivity contribution in [3.8, 4) is 0 Å². The van der Waals surface area contributed by atoms with E-state index >= 15 is 0 Å². The van der Waals surface area contributed by atoms with Gasteiger partial charge in [0.1, 0.15) is 0 Å². The zero-order chi connectivity index (χ0) is 13.7. The average molecular weight is 334 g/mol. The highest BCUT2D eigenvalue weighted by Crippen LogP contribution is 2.24. The van der Waals surface area contributed by atoms with Gasteiger partial charge in [-0.15, -0.1) is 0 Å². The normalized spacial score (nSPS) is 14.0. The first kappa shape index (κ1) is 15.3. The maximum atomic E-state index is 11.1. The van der Waals surface area contributed by atoms with Crippen molar-refractivity contribution < 1.29 is 15.0 Å². The second-order valence-corrected chi connectivity index (χ2v) is 5.88. The molecule has 6 heteroatoms. The van der Waals surface area contributed by atoms with Gasteiger partial charge in [-0.05, 0) is 31.4 Å². The van der Waals surface area contributed by atoms with Crippen LogP contribution in [0.4, 0.5) is 5.69 Å². The van der Waals surface area contributed by atoms with E-state index < -0.39 is 5.97 Å². The number of hydrogen-bond donors (Lipinski definition) is 3. The van der Waals surface area contributed by atoms with Crippen molar-refractivity contribution in [1.29, 1.82) is 0 Å². The number of anilines is 1. The number of carboxylic acids is 1. The van der Waals surface area contributed by atoms with Gasteiger partial charge in [0, 0.05) is 15.8 Å². The van der Waals surface area contributed by atoms with Gasteiger partial charge in [-0.3, -0.25) is 0 Å². The van der Waals surface area contributed by atoms with Gasteiger partial charge in [-0.25, -0.2) is 4.79 Å². The highest BCUT2D eigenvalue weighted by Gasteiger charge is 2.18. The summed E-state index contributed by atoms with van der Waals surface area (Å²) in [6.45, 7) is 1.97. The Morgan fingerprint density at radius 2 is 2.22 bits per heavy atom. The van der Waals surface area contributed by atoms with Crippen LogP contribution in [0.25, 0.3) is 0 Å². The SMILES string of the molecule is CSC(CO)C(C)Nc1cc(Br)ccc1C(=O)O. The first-order valence-corrected chi connectivity index (χ1v) is 7.50. The Balaban J connectivity index is 2.95.